The van der Waals surface area contributed by atoms with Crippen LogP contribution in [0.3, 0.4) is 0 Å². The molecule has 0 bridgehead atoms. The molecule has 2 heterocycles. The minimum Gasteiger partial charge on any atom is -0.370 e. The molecule has 4 N–H and O–H groups in total. The van der Waals surface area contributed by atoms with E-state index in [9.17, 15) is 9.59 Å². The van der Waals surface area contributed by atoms with Crippen molar-refractivity contribution in [1.82, 2.24) is 15.2 Å². The predicted octanol–water partition coefficient (Wildman–Crippen LogP) is 1.50. The Morgan fingerprint density at radius 3 is 2.85 bits per heavy atom. The summed E-state index contributed by atoms with van der Waals surface area (Å²) < 4.78 is 0. The predicted molar refractivity (Wildman–Crippen MR) is 117 cm³/mol. The molecule has 1 saturated heterocycles. The van der Waals surface area contributed by atoms with Crippen molar-refractivity contribution in [1.29, 1.82) is 0 Å². The first kappa shape index (κ1) is 23.1. The lowest BCUT2D eigenvalue weighted by Gasteiger charge is -2.34. The van der Waals surface area contributed by atoms with Crippen LogP contribution < -0.4 is 16.4 Å². The number of guanidine groups is 1. The number of primary amides is 1. The molecule has 1 aromatic rings. The number of piperidine rings is 1. The molecule has 0 aliphatic carbocycles. The summed E-state index contributed by atoms with van der Waals surface area (Å²) in [6.45, 7) is 3.99. The highest BCUT2D eigenvalue weighted by Crippen LogP contribution is 2.19. The maximum absolute atomic E-state index is 12.0. The molecule has 1 fully saturated rings. The van der Waals surface area contributed by atoms with Gasteiger partial charge in [-0.2, -0.15) is 0 Å². The maximum atomic E-state index is 12.0. The number of aryl methyl sites for hydroxylation is 1. The number of likely N-dealkylation sites (tertiary alicyclic amines) is 1. The topological polar surface area (TPSA) is 113 Å². The Morgan fingerprint density at radius 1 is 1.41 bits per heavy atom. The lowest BCUT2D eigenvalue weighted by molar-refractivity contribution is -0.119. The molecule has 1 atom stereocenters. The highest BCUT2D eigenvalue weighted by molar-refractivity contribution is 14.0. The van der Waals surface area contributed by atoms with E-state index in [4.69, 9.17) is 5.73 Å². The van der Waals surface area contributed by atoms with Gasteiger partial charge in [0.15, 0.2) is 5.96 Å². The van der Waals surface area contributed by atoms with Gasteiger partial charge < -0.3 is 21.3 Å². The van der Waals surface area contributed by atoms with Crippen LogP contribution in [0, 0.1) is 12.8 Å². The van der Waals surface area contributed by atoms with Gasteiger partial charge in [0.05, 0.1) is 0 Å². The first-order chi connectivity index (χ1) is 12.5. The normalized spacial score (nSPS) is 17.0. The number of aromatic nitrogens is 1. The van der Waals surface area contributed by atoms with Crippen molar-refractivity contribution >= 4 is 47.6 Å². The SMILES string of the molecule is CN=C(NCCC(=O)Nc1cccc(C)n1)N1CCCC(CC(N)=O)C1.I. The van der Waals surface area contributed by atoms with Crippen LogP contribution in [0.2, 0.25) is 0 Å². The number of rotatable bonds is 6. The summed E-state index contributed by atoms with van der Waals surface area (Å²) in [6.07, 6.45) is 2.72. The van der Waals surface area contributed by atoms with E-state index in [0.717, 1.165) is 37.6 Å². The molecule has 8 nitrogen and oxygen atoms in total. The van der Waals surface area contributed by atoms with Crippen LogP contribution in [-0.2, 0) is 9.59 Å². The summed E-state index contributed by atoms with van der Waals surface area (Å²) in [6, 6.07) is 5.51. The van der Waals surface area contributed by atoms with Gasteiger partial charge in [-0.1, -0.05) is 6.07 Å². The molecular weight excluding hydrogens is 459 g/mol. The number of carbonyl (C=O) groups excluding carboxylic acids is 2. The summed E-state index contributed by atoms with van der Waals surface area (Å²) in [5, 5.41) is 6.01. The number of carbonyl (C=O) groups is 2. The molecule has 27 heavy (non-hydrogen) atoms. The molecule has 1 unspecified atom stereocenters. The number of nitrogens with two attached hydrogens (primary N) is 1. The largest absolute Gasteiger partial charge is 0.370 e. The minimum atomic E-state index is -0.263. The number of pyridine rings is 1. The maximum Gasteiger partial charge on any atom is 0.227 e. The fraction of sp³-hybridized carbons (Fsp3) is 0.556. The zero-order valence-electron chi connectivity index (χ0n) is 15.9. The third kappa shape index (κ3) is 8.10. The number of hydrogen-bond acceptors (Lipinski definition) is 4. The molecule has 9 heteroatoms. The number of nitrogens with one attached hydrogen (secondary N) is 2. The molecule has 0 aromatic carbocycles. The smallest absolute Gasteiger partial charge is 0.227 e. The molecule has 150 valence electrons. The van der Waals surface area contributed by atoms with E-state index in [1.54, 1.807) is 13.1 Å². The molecule has 1 aromatic heterocycles. The summed E-state index contributed by atoms with van der Waals surface area (Å²) in [5.41, 5.74) is 6.17. The van der Waals surface area contributed by atoms with E-state index in [1.807, 2.05) is 19.1 Å². The number of halogens is 1. The van der Waals surface area contributed by atoms with Crippen LogP contribution in [0.5, 0.6) is 0 Å². The van der Waals surface area contributed by atoms with Crippen molar-refractivity contribution in [2.75, 3.05) is 32.0 Å². The number of aliphatic imine (C=N–C) groups is 1. The Hall–Kier alpha value is -1.91. The third-order valence-corrected chi connectivity index (χ3v) is 4.31. The second kappa shape index (κ2) is 11.7. The Morgan fingerprint density at radius 2 is 2.19 bits per heavy atom. The van der Waals surface area contributed by atoms with Gasteiger partial charge in [0.1, 0.15) is 5.82 Å². The number of anilines is 1. The second-order valence-corrected chi connectivity index (χ2v) is 6.56. The molecular formula is C18H29IN6O2. The molecule has 0 saturated carbocycles. The molecule has 0 radical (unpaired) electrons. The third-order valence-electron chi connectivity index (χ3n) is 4.31. The summed E-state index contributed by atoms with van der Waals surface area (Å²) in [4.78, 5) is 33.9. The van der Waals surface area contributed by atoms with Crippen molar-refractivity contribution in [3.63, 3.8) is 0 Å². The molecule has 1 aliphatic rings. The lowest BCUT2D eigenvalue weighted by atomic mass is 9.95. The van der Waals surface area contributed by atoms with Gasteiger partial charge in [0.25, 0.3) is 0 Å². The van der Waals surface area contributed by atoms with E-state index in [-0.39, 0.29) is 41.7 Å². The van der Waals surface area contributed by atoms with Gasteiger partial charge in [-0.25, -0.2) is 4.98 Å². The van der Waals surface area contributed by atoms with Gasteiger partial charge in [-0.05, 0) is 37.8 Å². The standard InChI is InChI=1S/C18H28N6O2.HI/c1-13-5-3-7-16(22-13)23-17(26)8-9-21-18(20-2)24-10-4-6-14(12-24)11-15(19)25;/h3,5,7,14H,4,6,8-12H2,1-2H3,(H2,19,25)(H,20,21)(H,22,23,26);1H. The molecule has 2 rings (SSSR count). The lowest BCUT2D eigenvalue weighted by Crippen LogP contribution is -2.47. The van der Waals surface area contributed by atoms with Crippen molar-refractivity contribution in [3.05, 3.63) is 23.9 Å². The average Bonchev–Trinajstić information content (AvgIpc) is 2.58. The van der Waals surface area contributed by atoms with Gasteiger partial charge in [-0.3, -0.25) is 14.6 Å². The summed E-state index contributed by atoms with van der Waals surface area (Å²) >= 11 is 0. The van der Waals surface area contributed by atoms with E-state index in [1.165, 1.54) is 0 Å². The molecule has 1 aliphatic heterocycles. The van der Waals surface area contributed by atoms with Gasteiger partial charge in [0, 0.05) is 45.2 Å². The Kier molecular flexibility index (Phi) is 10.0. The van der Waals surface area contributed by atoms with E-state index in [2.05, 4.69) is 25.5 Å². The number of hydrogen-bond donors (Lipinski definition) is 3. The fourth-order valence-electron chi connectivity index (χ4n) is 3.15. The van der Waals surface area contributed by atoms with Crippen molar-refractivity contribution in [2.24, 2.45) is 16.6 Å². The Bertz CT molecular complexity index is 667. The fourth-order valence-corrected chi connectivity index (χ4v) is 3.15. The molecule has 2 amide bonds. The van der Waals surface area contributed by atoms with E-state index < -0.39 is 0 Å². The van der Waals surface area contributed by atoms with Crippen LogP contribution in [0.15, 0.2) is 23.2 Å². The van der Waals surface area contributed by atoms with Crippen LogP contribution >= 0.6 is 24.0 Å². The number of nitrogens with zero attached hydrogens (tertiary/aromatic N) is 3. The second-order valence-electron chi connectivity index (χ2n) is 6.56. The quantitative estimate of drug-likeness (QED) is 0.319. The van der Waals surface area contributed by atoms with Crippen LogP contribution in [0.1, 0.15) is 31.4 Å². The van der Waals surface area contributed by atoms with Gasteiger partial charge in [0.2, 0.25) is 11.8 Å². The zero-order chi connectivity index (χ0) is 18.9. The Labute approximate surface area is 177 Å². The van der Waals surface area contributed by atoms with E-state index in [0.29, 0.717) is 25.2 Å². The van der Waals surface area contributed by atoms with Crippen LogP contribution in [0.4, 0.5) is 5.82 Å². The number of amides is 2. The zero-order valence-corrected chi connectivity index (χ0v) is 18.2. The highest BCUT2D eigenvalue weighted by atomic mass is 127. The van der Waals surface area contributed by atoms with Crippen LogP contribution in [0.25, 0.3) is 0 Å². The van der Waals surface area contributed by atoms with Crippen molar-refractivity contribution < 1.29 is 9.59 Å². The monoisotopic (exact) mass is 488 g/mol. The first-order valence-electron chi connectivity index (χ1n) is 8.95. The molecule has 0 spiro atoms. The summed E-state index contributed by atoms with van der Waals surface area (Å²) in [5.74, 6) is 1.21. The van der Waals surface area contributed by atoms with Crippen molar-refractivity contribution in [3.8, 4) is 0 Å². The van der Waals surface area contributed by atoms with Gasteiger partial charge >= 0.3 is 0 Å². The summed E-state index contributed by atoms with van der Waals surface area (Å²) in [7, 11) is 1.72. The van der Waals surface area contributed by atoms with Crippen LogP contribution in [-0.4, -0.2) is 54.3 Å². The first-order valence-corrected chi connectivity index (χ1v) is 8.95. The van der Waals surface area contributed by atoms with E-state index >= 15 is 0 Å². The average molecular weight is 488 g/mol. The highest BCUT2D eigenvalue weighted by Gasteiger charge is 2.23. The van der Waals surface area contributed by atoms with Crippen molar-refractivity contribution in [2.45, 2.75) is 32.6 Å². The minimum absolute atomic E-state index is 0. The van der Waals surface area contributed by atoms with Gasteiger partial charge in [-0.15, -0.1) is 24.0 Å². The Balaban J connectivity index is 0.00000364.